The molecule has 0 heterocycles. The van der Waals surface area contributed by atoms with E-state index < -0.39 is 0 Å². The molecule has 1 aliphatic rings. The summed E-state index contributed by atoms with van der Waals surface area (Å²) in [6.45, 7) is 5.61. The predicted molar refractivity (Wildman–Crippen MR) is 88.2 cm³/mol. The van der Waals surface area contributed by atoms with Crippen LogP contribution in [0.25, 0.3) is 0 Å². The molecule has 0 aliphatic heterocycles. The summed E-state index contributed by atoms with van der Waals surface area (Å²) >= 11 is 2.05. The van der Waals surface area contributed by atoms with Gasteiger partial charge in [-0.2, -0.15) is 11.8 Å². The van der Waals surface area contributed by atoms with E-state index >= 15 is 0 Å². The number of aliphatic hydroxyl groups is 1. The first kappa shape index (κ1) is 15.9. The number of hydrogen-bond acceptors (Lipinski definition) is 3. The van der Waals surface area contributed by atoms with Gasteiger partial charge in [0.05, 0.1) is 6.61 Å². The van der Waals surface area contributed by atoms with Crippen LogP contribution >= 0.6 is 11.8 Å². The Morgan fingerprint density at radius 3 is 3.00 bits per heavy atom. The van der Waals surface area contributed by atoms with E-state index in [-0.39, 0.29) is 12.1 Å². The lowest BCUT2D eigenvalue weighted by Gasteiger charge is -2.28. The van der Waals surface area contributed by atoms with Crippen molar-refractivity contribution >= 4 is 11.8 Å². The predicted octanol–water partition coefficient (Wildman–Crippen LogP) is 3.51. The molecule has 1 fully saturated rings. The Bertz CT molecular complexity index is 423. The second-order valence-electron chi connectivity index (χ2n) is 6.03. The van der Waals surface area contributed by atoms with Crippen molar-refractivity contribution in [3.8, 4) is 0 Å². The maximum absolute atomic E-state index is 9.71. The van der Waals surface area contributed by atoms with Crippen LogP contribution in [0.15, 0.2) is 24.3 Å². The molecule has 0 bridgehead atoms. The van der Waals surface area contributed by atoms with Gasteiger partial charge in [-0.15, -0.1) is 0 Å². The number of benzene rings is 1. The lowest BCUT2D eigenvalue weighted by Crippen LogP contribution is -2.46. The normalized spacial score (nSPS) is 26.1. The zero-order valence-corrected chi connectivity index (χ0v) is 13.5. The molecule has 112 valence electrons. The lowest BCUT2D eigenvalue weighted by molar-refractivity contribution is 0.165. The van der Waals surface area contributed by atoms with Crippen molar-refractivity contribution in [2.45, 2.75) is 56.1 Å². The average molecular weight is 293 g/mol. The molecule has 0 saturated heterocycles. The fourth-order valence-corrected chi connectivity index (χ4v) is 4.31. The molecule has 3 heteroatoms. The molecule has 20 heavy (non-hydrogen) atoms. The standard InChI is InChI=1S/C17H27NOS/c1-3-9-18-17(13-19)8-7-16(11-17)20-12-15-6-4-5-14(2)10-15/h4-6,10,16,18-19H,3,7-9,11-13H2,1-2H3. The largest absolute Gasteiger partial charge is 0.394 e. The third kappa shape index (κ3) is 4.24. The minimum Gasteiger partial charge on any atom is -0.394 e. The van der Waals surface area contributed by atoms with Crippen LogP contribution in [0.4, 0.5) is 0 Å². The molecule has 0 aromatic heterocycles. The first-order chi connectivity index (χ1) is 9.67. The topological polar surface area (TPSA) is 32.3 Å². The summed E-state index contributed by atoms with van der Waals surface area (Å²) in [7, 11) is 0. The molecule has 2 N–H and O–H groups in total. The highest BCUT2D eigenvalue weighted by atomic mass is 32.2. The number of aryl methyl sites for hydroxylation is 1. The number of nitrogens with one attached hydrogen (secondary N) is 1. The van der Waals surface area contributed by atoms with Crippen LogP contribution in [0, 0.1) is 6.92 Å². The summed E-state index contributed by atoms with van der Waals surface area (Å²) < 4.78 is 0. The number of rotatable bonds is 7. The van der Waals surface area contributed by atoms with Crippen LogP contribution in [0.3, 0.4) is 0 Å². The molecule has 2 unspecified atom stereocenters. The fraction of sp³-hybridized carbons (Fsp3) is 0.647. The van der Waals surface area contributed by atoms with Gasteiger partial charge in [0.2, 0.25) is 0 Å². The number of aliphatic hydroxyl groups excluding tert-OH is 1. The van der Waals surface area contributed by atoms with Gasteiger partial charge in [-0.3, -0.25) is 0 Å². The van der Waals surface area contributed by atoms with Gasteiger partial charge in [0.25, 0.3) is 0 Å². The average Bonchev–Trinajstić information content (AvgIpc) is 2.87. The Morgan fingerprint density at radius 1 is 1.45 bits per heavy atom. The number of thioether (sulfide) groups is 1. The summed E-state index contributed by atoms with van der Waals surface area (Å²) in [6, 6.07) is 8.77. The molecule has 1 aliphatic carbocycles. The van der Waals surface area contributed by atoms with E-state index in [0.717, 1.165) is 31.6 Å². The minimum atomic E-state index is -0.0136. The molecule has 2 atom stereocenters. The highest BCUT2D eigenvalue weighted by molar-refractivity contribution is 7.99. The van der Waals surface area contributed by atoms with Crippen molar-refractivity contribution in [1.82, 2.24) is 5.32 Å². The molecule has 0 amide bonds. The van der Waals surface area contributed by atoms with Gasteiger partial charge in [0.15, 0.2) is 0 Å². The SMILES string of the molecule is CCCNC1(CO)CCC(SCc2cccc(C)c2)C1. The van der Waals surface area contributed by atoms with Gasteiger partial charge in [0.1, 0.15) is 0 Å². The first-order valence-electron chi connectivity index (χ1n) is 7.70. The van der Waals surface area contributed by atoms with Gasteiger partial charge in [-0.25, -0.2) is 0 Å². The van der Waals surface area contributed by atoms with Crippen LogP contribution in [0.1, 0.15) is 43.7 Å². The van der Waals surface area contributed by atoms with Crippen molar-refractivity contribution in [2.75, 3.05) is 13.2 Å². The van der Waals surface area contributed by atoms with E-state index in [2.05, 4.69) is 43.4 Å². The van der Waals surface area contributed by atoms with Gasteiger partial charge < -0.3 is 10.4 Å². The third-order valence-electron chi connectivity index (χ3n) is 4.18. The third-order valence-corrected chi connectivity index (χ3v) is 5.56. The summed E-state index contributed by atoms with van der Waals surface area (Å²) in [6.07, 6.45) is 4.55. The van der Waals surface area contributed by atoms with Gasteiger partial charge >= 0.3 is 0 Å². The van der Waals surface area contributed by atoms with E-state index in [0.29, 0.717) is 5.25 Å². The fourth-order valence-electron chi connectivity index (χ4n) is 2.99. The minimum absolute atomic E-state index is 0.0136. The van der Waals surface area contributed by atoms with Gasteiger partial charge in [-0.1, -0.05) is 36.8 Å². The van der Waals surface area contributed by atoms with Crippen molar-refractivity contribution in [2.24, 2.45) is 0 Å². The van der Waals surface area contributed by atoms with Crippen molar-refractivity contribution < 1.29 is 5.11 Å². The van der Waals surface area contributed by atoms with E-state index in [1.807, 2.05) is 11.8 Å². The molecule has 2 nitrogen and oxygen atoms in total. The molecule has 1 aromatic rings. The van der Waals surface area contributed by atoms with Crippen LogP contribution < -0.4 is 5.32 Å². The van der Waals surface area contributed by atoms with Crippen LogP contribution in [-0.4, -0.2) is 29.0 Å². The maximum atomic E-state index is 9.71. The van der Waals surface area contributed by atoms with E-state index in [1.165, 1.54) is 17.5 Å². The number of hydrogen-bond donors (Lipinski definition) is 2. The molecule has 1 aromatic carbocycles. The van der Waals surface area contributed by atoms with Crippen LogP contribution in [0.2, 0.25) is 0 Å². The quantitative estimate of drug-likeness (QED) is 0.807. The first-order valence-corrected chi connectivity index (χ1v) is 8.75. The summed E-state index contributed by atoms with van der Waals surface area (Å²) in [5.74, 6) is 1.08. The summed E-state index contributed by atoms with van der Waals surface area (Å²) in [5.41, 5.74) is 2.74. The highest BCUT2D eigenvalue weighted by Gasteiger charge is 2.38. The summed E-state index contributed by atoms with van der Waals surface area (Å²) in [5, 5.41) is 14.0. The molecule has 2 rings (SSSR count). The van der Waals surface area contributed by atoms with Crippen LogP contribution in [-0.2, 0) is 5.75 Å². The van der Waals surface area contributed by atoms with Crippen LogP contribution in [0.5, 0.6) is 0 Å². The maximum Gasteiger partial charge on any atom is 0.0613 e. The van der Waals surface area contributed by atoms with E-state index in [4.69, 9.17) is 0 Å². The second kappa shape index (κ2) is 7.48. The second-order valence-corrected chi connectivity index (χ2v) is 7.32. The van der Waals surface area contributed by atoms with E-state index in [9.17, 15) is 5.11 Å². The molecule has 0 radical (unpaired) electrons. The van der Waals surface area contributed by atoms with Crippen molar-refractivity contribution in [3.05, 3.63) is 35.4 Å². The van der Waals surface area contributed by atoms with Gasteiger partial charge in [-0.05, 0) is 44.7 Å². The molecule has 0 spiro atoms. The zero-order valence-electron chi connectivity index (χ0n) is 12.7. The monoisotopic (exact) mass is 293 g/mol. The zero-order chi connectivity index (χ0) is 14.4. The Balaban J connectivity index is 1.83. The Labute approximate surface area is 127 Å². The lowest BCUT2D eigenvalue weighted by atomic mass is 9.99. The van der Waals surface area contributed by atoms with E-state index in [1.54, 1.807) is 0 Å². The van der Waals surface area contributed by atoms with Crippen molar-refractivity contribution in [1.29, 1.82) is 0 Å². The molecular weight excluding hydrogens is 266 g/mol. The molecular formula is C17H27NOS. The Morgan fingerprint density at radius 2 is 2.30 bits per heavy atom. The summed E-state index contributed by atoms with van der Waals surface area (Å²) in [4.78, 5) is 0. The van der Waals surface area contributed by atoms with Crippen molar-refractivity contribution in [3.63, 3.8) is 0 Å². The van der Waals surface area contributed by atoms with Gasteiger partial charge in [0, 0.05) is 16.5 Å². The highest BCUT2D eigenvalue weighted by Crippen LogP contribution is 2.38. The molecule has 1 saturated carbocycles. The Kier molecular flexibility index (Phi) is 5.94. The Hall–Kier alpha value is -0.510. The smallest absolute Gasteiger partial charge is 0.0613 e.